The first-order chi connectivity index (χ1) is 15.4. The van der Waals surface area contributed by atoms with Crippen molar-refractivity contribution in [1.29, 1.82) is 0 Å². The van der Waals surface area contributed by atoms with E-state index in [-0.39, 0.29) is 18.2 Å². The van der Waals surface area contributed by atoms with Crippen LogP contribution in [0.25, 0.3) is 0 Å². The van der Waals surface area contributed by atoms with E-state index in [1.165, 1.54) is 12.1 Å². The molecular formula is C19H11F8N5O. The number of anilines is 2. The number of nitrogens with zero attached hydrogens (tertiary/aromatic N) is 4. The van der Waals surface area contributed by atoms with Crippen molar-refractivity contribution >= 4 is 17.5 Å². The monoisotopic (exact) mass is 477 g/mol. The molecule has 174 valence electrons. The Morgan fingerprint density at radius 1 is 0.909 bits per heavy atom. The van der Waals surface area contributed by atoms with Gasteiger partial charge in [-0.2, -0.15) is 23.3 Å². The average Bonchev–Trinajstić information content (AvgIpc) is 2.71. The molecule has 0 saturated heterocycles. The quantitative estimate of drug-likeness (QED) is 0.317. The van der Waals surface area contributed by atoms with Gasteiger partial charge in [0.2, 0.25) is 11.8 Å². The van der Waals surface area contributed by atoms with E-state index in [9.17, 15) is 35.1 Å². The van der Waals surface area contributed by atoms with Gasteiger partial charge in [-0.25, -0.2) is 13.8 Å². The van der Waals surface area contributed by atoms with E-state index in [1.807, 2.05) is 0 Å². The molecule has 0 amide bonds. The summed E-state index contributed by atoms with van der Waals surface area (Å²) in [5.41, 5.74) is -1.30. The molecule has 1 aromatic heterocycles. The fourth-order valence-corrected chi connectivity index (χ4v) is 2.42. The summed E-state index contributed by atoms with van der Waals surface area (Å²) >= 11 is 0. The summed E-state index contributed by atoms with van der Waals surface area (Å²) in [6.07, 6.45) is -9.07. The Morgan fingerprint density at radius 3 is 2.24 bits per heavy atom. The van der Waals surface area contributed by atoms with Crippen LogP contribution in [0.2, 0.25) is 0 Å². The molecular weight excluding hydrogens is 466 g/mol. The minimum Gasteiger partial charge on any atom is -0.406 e. The molecule has 0 spiro atoms. The first-order valence-electron chi connectivity index (χ1n) is 8.79. The van der Waals surface area contributed by atoms with E-state index in [0.717, 1.165) is 18.2 Å². The van der Waals surface area contributed by atoms with Gasteiger partial charge in [0.15, 0.2) is 5.82 Å². The van der Waals surface area contributed by atoms with E-state index in [2.05, 4.69) is 30.3 Å². The standard InChI is InChI=1S/C19H11F8N5O/c20-14-6-3-11(7-13(14)18(22,23)24)30-17-28-9-15(21)16(31-17)32-29-8-10-1-4-12(5-2-10)33-19(25,26)27/h1-7,9H,8H2,(H,28,30,31). The highest BCUT2D eigenvalue weighted by molar-refractivity contribution is 5.56. The zero-order chi connectivity index (χ0) is 24.2. The maximum absolute atomic E-state index is 13.9. The third-order valence-corrected chi connectivity index (χ3v) is 3.83. The smallest absolute Gasteiger partial charge is 0.406 e. The third-order valence-electron chi connectivity index (χ3n) is 3.83. The van der Waals surface area contributed by atoms with Crippen LogP contribution in [-0.4, -0.2) is 16.3 Å². The van der Waals surface area contributed by atoms with Crippen molar-refractivity contribution < 1.29 is 39.9 Å². The number of ether oxygens (including phenoxy) is 1. The molecule has 0 aliphatic rings. The Balaban J connectivity index is 1.70. The number of halogens is 8. The molecule has 0 fully saturated rings. The number of alkyl halides is 6. The van der Waals surface area contributed by atoms with Gasteiger partial charge in [-0.05, 0) is 35.9 Å². The van der Waals surface area contributed by atoms with E-state index in [4.69, 9.17) is 0 Å². The molecule has 2 aromatic carbocycles. The lowest BCUT2D eigenvalue weighted by Crippen LogP contribution is -2.16. The number of benzene rings is 2. The van der Waals surface area contributed by atoms with Crippen LogP contribution in [0.4, 0.5) is 52.6 Å². The first kappa shape index (κ1) is 23.8. The first-order valence-corrected chi connectivity index (χ1v) is 8.79. The van der Waals surface area contributed by atoms with Crippen molar-refractivity contribution in [2.24, 2.45) is 10.2 Å². The maximum Gasteiger partial charge on any atom is 0.573 e. The van der Waals surface area contributed by atoms with Crippen molar-refractivity contribution in [1.82, 2.24) is 9.97 Å². The summed E-state index contributed by atoms with van der Waals surface area (Å²) in [6.45, 7) is -0.147. The zero-order valence-electron chi connectivity index (χ0n) is 16.0. The van der Waals surface area contributed by atoms with Gasteiger partial charge in [-0.15, -0.1) is 18.3 Å². The number of rotatable bonds is 6. The number of hydrogen-bond donors (Lipinski definition) is 1. The minimum atomic E-state index is -4.93. The van der Waals surface area contributed by atoms with Crippen molar-refractivity contribution in [3.8, 4) is 5.75 Å². The van der Waals surface area contributed by atoms with Gasteiger partial charge in [-0.3, -0.25) is 0 Å². The van der Waals surface area contributed by atoms with Crippen LogP contribution >= 0.6 is 0 Å². The van der Waals surface area contributed by atoms with Gasteiger partial charge in [0.1, 0.15) is 11.6 Å². The Morgan fingerprint density at radius 2 is 1.61 bits per heavy atom. The second-order valence-corrected chi connectivity index (χ2v) is 6.27. The molecule has 3 rings (SSSR count). The van der Waals surface area contributed by atoms with Gasteiger partial charge in [0.05, 0.1) is 18.3 Å². The summed E-state index contributed by atoms with van der Waals surface area (Å²) in [5.74, 6) is -3.79. The van der Waals surface area contributed by atoms with Crippen LogP contribution in [0.3, 0.4) is 0 Å². The molecule has 1 heterocycles. The summed E-state index contributed by atoms with van der Waals surface area (Å²) in [6, 6.07) is 6.79. The Labute approximate surface area is 180 Å². The van der Waals surface area contributed by atoms with Gasteiger partial charge >= 0.3 is 12.5 Å². The molecule has 0 aliphatic carbocycles. The second-order valence-electron chi connectivity index (χ2n) is 6.27. The predicted molar refractivity (Wildman–Crippen MR) is 98.0 cm³/mol. The molecule has 0 saturated carbocycles. The summed E-state index contributed by atoms with van der Waals surface area (Å²) in [5, 5.41) is 9.63. The minimum absolute atomic E-state index is 0.147. The normalized spacial score (nSPS) is 12.2. The van der Waals surface area contributed by atoms with E-state index in [1.54, 1.807) is 0 Å². The molecule has 14 heteroatoms. The lowest BCUT2D eigenvalue weighted by Gasteiger charge is -2.11. The molecule has 0 atom stereocenters. The fourth-order valence-electron chi connectivity index (χ4n) is 2.42. The molecule has 6 nitrogen and oxygen atoms in total. The lowest BCUT2D eigenvalue weighted by molar-refractivity contribution is -0.274. The van der Waals surface area contributed by atoms with Gasteiger partial charge in [0, 0.05) is 5.69 Å². The summed E-state index contributed by atoms with van der Waals surface area (Å²) in [7, 11) is 0. The molecule has 0 radical (unpaired) electrons. The largest absolute Gasteiger partial charge is 0.573 e. The van der Waals surface area contributed by atoms with Crippen molar-refractivity contribution in [3.63, 3.8) is 0 Å². The van der Waals surface area contributed by atoms with Crippen molar-refractivity contribution in [2.45, 2.75) is 19.1 Å². The van der Waals surface area contributed by atoms with Crippen LogP contribution in [-0.2, 0) is 12.7 Å². The molecule has 1 N–H and O–H groups in total. The molecule has 3 aromatic rings. The van der Waals surface area contributed by atoms with Gasteiger partial charge < -0.3 is 10.1 Å². The molecule has 0 unspecified atom stereocenters. The predicted octanol–water partition coefficient (Wildman–Crippen LogP) is 6.70. The van der Waals surface area contributed by atoms with Gasteiger partial charge in [0.25, 0.3) is 0 Å². The number of hydrogen-bond acceptors (Lipinski definition) is 6. The van der Waals surface area contributed by atoms with E-state index >= 15 is 0 Å². The van der Waals surface area contributed by atoms with Crippen molar-refractivity contribution in [2.75, 3.05) is 5.32 Å². The topological polar surface area (TPSA) is 71.8 Å². The van der Waals surface area contributed by atoms with E-state index in [0.29, 0.717) is 23.9 Å². The molecule has 33 heavy (non-hydrogen) atoms. The average molecular weight is 477 g/mol. The Bertz CT molecular complexity index is 1150. The fraction of sp³-hybridized carbons (Fsp3) is 0.158. The Hall–Kier alpha value is -3.84. The van der Waals surface area contributed by atoms with Crippen molar-refractivity contribution in [3.05, 3.63) is 71.4 Å². The van der Waals surface area contributed by atoms with Crippen LogP contribution in [0.15, 0.2) is 58.9 Å². The summed E-state index contributed by atoms with van der Waals surface area (Å²) < 4.78 is 106. The Kier molecular flexibility index (Phi) is 6.74. The second kappa shape index (κ2) is 9.34. The maximum atomic E-state index is 13.9. The third kappa shape index (κ3) is 6.82. The highest BCUT2D eigenvalue weighted by Crippen LogP contribution is 2.33. The van der Waals surface area contributed by atoms with Crippen LogP contribution in [0.5, 0.6) is 5.75 Å². The van der Waals surface area contributed by atoms with Crippen LogP contribution in [0.1, 0.15) is 11.1 Å². The van der Waals surface area contributed by atoms with Crippen LogP contribution in [0, 0.1) is 11.6 Å². The molecule has 0 aliphatic heterocycles. The lowest BCUT2D eigenvalue weighted by atomic mass is 10.2. The zero-order valence-corrected chi connectivity index (χ0v) is 16.0. The highest BCUT2D eigenvalue weighted by Gasteiger charge is 2.34. The number of azo groups is 1. The SMILES string of the molecule is Fc1ccc(Nc2ncc(F)c(N=NCc3ccc(OC(F)(F)F)cc3)n2)cc1C(F)(F)F. The number of nitrogens with one attached hydrogen (secondary N) is 1. The van der Waals surface area contributed by atoms with E-state index < -0.39 is 41.3 Å². The molecule has 0 bridgehead atoms. The van der Waals surface area contributed by atoms with Crippen LogP contribution < -0.4 is 10.1 Å². The highest BCUT2D eigenvalue weighted by atomic mass is 19.4. The van der Waals surface area contributed by atoms with Gasteiger partial charge in [-0.1, -0.05) is 12.1 Å². The number of aromatic nitrogens is 2. The summed E-state index contributed by atoms with van der Waals surface area (Å²) in [4.78, 5) is 7.26.